The molecule has 1 aliphatic rings. The van der Waals surface area contributed by atoms with E-state index < -0.39 is 0 Å². The van der Waals surface area contributed by atoms with Gasteiger partial charge in [-0.1, -0.05) is 26.7 Å². The van der Waals surface area contributed by atoms with Gasteiger partial charge >= 0.3 is 0 Å². The molecule has 1 aliphatic carbocycles. The Labute approximate surface area is 117 Å². The summed E-state index contributed by atoms with van der Waals surface area (Å²) in [5.41, 5.74) is 0. The van der Waals surface area contributed by atoms with Crippen LogP contribution >= 0.6 is 0 Å². The lowest BCUT2D eigenvalue weighted by Gasteiger charge is -2.19. The van der Waals surface area contributed by atoms with Crippen molar-refractivity contribution in [3.8, 4) is 0 Å². The van der Waals surface area contributed by atoms with Crippen molar-refractivity contribution >= 4 is 0 Å². The third-order valence-electron chi connectivity index (χ3n) is 3.87. The summed E-state index contributed by atoms with van der Waals surface area (Å²) < 4.78 is 5.87. The van der Waals surface area contributed by atoms with Crippen LogP contribution in [0.15, 0.2) is 16.5 Å². The molecule has 1 heterocycles. The maximum atomic E-state index is 5.87. The van der Waals surface area contributed by atoms with Crippen molar-refractivity contribution < 1.29 is 4.42 Å². The molecule has 0 unspecified atom stereocenters. The highest BCUT2D eigenvalue weighted by molar-refractivity contribution is 5.07. The highest BCUT2D eigenvalue weighted by atomic mass is 16.3. The predicted octanol–water partition coefficient (Wildman–Crippen LogP) is 3.40. The molecule has 1 fully saturated rings. The lowest BCUT2D eigenvalue weighted by Crippen LogP contribution is -2.24. The zero-order chi connectivity index (χ0) is 13.7. The number of hydrogen-bond donors (Lipinski definition) is 1. The molecule has 1 N–H and O–H groups in total. The fraction of sp³-hybridized carbons (Fsp3) is 0.750. The Bertz CT molecular complexity index is 367. The first kappa shape index (κ1) is 14.6. The monoisotopic (exact) mass is 264 g/mol. The molecule has 0 spiro atoms. The average Bonchev–Trinajstić information content (AvgIpc) is 2.98. The maximum Gasteiger partial charge on any atom is 0.118 e. The van der Waals surface area contributed by atoms with E-state index in [4.69, 9.17) is 4.42 Å². The summed E-state index contributed by atoms with van der Waals surface area (Å²) in [6.07, 6.45) is 5.66. The highest BCUT2D eigenvalue weighted by Crippen LogP contribution is 2.25. The van der Waals surface area contributed by atoms with E-state index in [1.807, 2.05) is 0 Å². The first-order valence-corrected chi connectivity index (χ1v) is 7.63. The molecule has 108 valence electrons. The van der Waals surface area contributed by atoms with Crippen LogP contribution in [0.25, 0.3) is 0 Å². The third kappa shape index (κ3) is 5.00. The average molecular weight is 264 g/mol. The summed E-state index contributed by atoms with van der Waals surface area (Å²) in [6, 6.07) is 4.70. The second-order valence-electron chi connectivity index (χ2n) is 6.25. The van der Waals surface area contributed by atoms with Crippen molar-refractivity contribution in [1.82, 2.24) is 10.2 Å². The standard InChI is InChI=1S/C16H28N2O/c1-13(2)17-10-15-8-9-16(19-15)12-18(3)11-14-6-4-5-7-14/h8-9,13-14,17H,4-7,10-12H2,1-3H3. The van der Waals surface area contributed by atoms with Crippen LogP contribution in [0.4, 0.5) is 0 Å². The summed E-state index contributed by atoms with van der Waals surface area (Å²) in [5.74, 6) is 3.03. The van der Waals surface area contributed by atoms with Crippen molar-refractivity contribution in [2.45, 2.75) is 58.7 Å². The number of nitrogens with zero attached hydrogens (tertiary/aromatic N) is 1. The van der Waals surface area contributed by atoms with Gasteiger partial charge in [-0.3, -0.25) is 4.90 Å². The smallest absolute Gasteiger partial charge is 0.118 e. The largest absolute Gasteiger partial charge is 0.463 e. The first-order valence-electron chi connectivity index (χ1n) is 7.63. The van der Waals surface area contributed by atoms with Crippen LogP contribution in [0.1, 0.15) is 51.1 Å². The molecule has 0 radical (unpaired) electrons. The fourth-order valence-electron chi connectivity index (χ4n) is 2.87. The van der Waals surface area contributed by atoms with Crippen LogP contribution < -0.4 is 5.32 Å². The zero-order valence-corrected chi connectivity index (χ0v) is 12.6. The second kappa shape index (κ2) is 7.11. The highest BCUT2D eigenvalue weighted by Gasteiger charge is 2.17. The van der Waals surface area contributed by atoms with Gasteiger partial charge in [0, 0.05) is 12.6 Å². The van der Waals surface area contributed by atoms with Crippen molar-refractivity contribution in [2.24, 2.45) is 5.92 Å². The van der Waals surface area contributed by atoms with Gasteiger partial charge in [0.1, 0.15) is 11.5 Å². The molecule has 1 aromatic heterocycles. The molecule has 0 saturated heterocycles. The van der Waals surface area contributed by atoms with E-state index in [1.165, 1.54) is 32.2 Å². The van der Waals surface area contributed by atoms with Gasteiger partial charge in [-0.15, -0.1) is 0 Å². The van der Waals surface area contributed by atoms with Crippen molar-refractivity contribution in [3.05, 3.63) is 23.7 Å². The molecule has 0 amide bonds. The third-order valence-corrected chi connectivity index (χ3v) is 3.87. The predicted molar refractivity (Wildman–Crippen MR) is 79.0 cm³/mol. The number of rotatable bonds is 7. The number of furan rings is 1. The molecule has 0 atom stereocenters. The Balaban J connectivity index is 1.75. The van der Waals surface area contributed by atoms with Crippen molar-refractivity contribution in [2.75, 3.05) is 13.6 Å². The minimum absolute atomic E-state index is 0.499. The lowest BCUT2D eigenvalue weighted by atomic mass is 10.1. The molecule has 2 rings (SSSR count). The van der Waals surface area contributed by atoms with Gasteiger partial charge in [-0.2, -0.15) is 0 Å². The summed E-state index contributed by atoms with van der Waals surface area (Å²) in [5, 5.41) is 3.38. The first-order chi connectivity index (χ1) is 9.13. The topological polar surface area (TPSA) is 28.4 Å². The van der Waals surface area contributed by atoms with Crippen LogP contribution in [0.2, 0.25) is 0 Å². The van der Waals surface area contributed by atoms with Gasteiger partial charge in [-0.05, 0) is 37.9 Å². The van der Waals surface area contributed by atoms with Gasteiger partial charge in [0.15, 0.2) is 0 Å². The Kier molecular flexibility index (Phi) is 5.46. The van der Waals surface area contributed by atoms with Crippen LogP contribution in [0, 0.1) is 5.92 Å². The van der Waals surface area contributed by atoms with Crippen LogP contribution in [0.3, 0.4) is 0 Å². The quantitative estimate of drug-likeness (QED) is 0.818. The normalized spacial score (nSPS) is 16.9. The van der Waals surface area contributed by atoms with Crippen molar-refractivity contribution in [3.63, 3.8) is 0 Å². The van der Waals surface area contributed by atoms with E-state index in [-0.39, 0.29) is 0 Å². The lowest BCUT2D eigenvalue weighted by molar-refractivity contribution is 0.248. The zero-order valence-electron chi connectivity index (χ0n) is 12.6. The van der Waals surface area contributed by atoms with Crippen molar-refractivity contribution in [1.29, 1.82) is 0 Å². The van der Waals surface area contributed by atoms with E-state index in [2.05, 4.69) is 43.2 Å². The Morgan fingerprint density at radius 3 is 2.63 bits per heavy atom. The Morgan fingerprint density at radius 1 is 1.26 bits per heavy atom. The summed E-state index contributed by atoms with van der Waals surface area (Å²) in [4.78, 5) is 2.40. The summed E-state index contributed by atoms with van der Waals surface area (Å²) >= 11 is 0. The van der Waals surface area contributed by atoms with Gasteiger partial charge in [0.2, 0.25) is 0 Å². The Hall–Kier alpha value is -0.800. The SMILES string of the molecule is CC(C)NCc1ccc(CN(C)CC2CCCC2)o1. The molecular weight excluding hydrogens is 236 g/mol. The van der Waals surface area contributed by atoms with Gasteiger partial charge in [0.25, 0.3) is 0 Å². The minimum atomic E-state index is 0.499. The molecule has 0 bridgehead atoms. The molecule has 0 aromatic carbocycles. The van der Waals surface area contributed by atoms with E-state index >= 15 is 0 Å². The van der Waals surface area contributed by atoms with E-state index in [1.54, 1.807) is 0 Å². The van der Waals surface area contributed by atoms with Crippen LogP contribution in [-0.2, 0) is 13.1 Å². The second-order valence-corrected chi connectivity index (χ2v) is 6.25. The number of nitrogens with one attached hydrogen (secondary N) is 1. The summed E-state index contributed by atoms with van der Waals surface area (Å²) in [7, 11) is 2.20. The van der Waals surface area contributed by atoms with E-state index in [0.29, 0.717) is 6.04 Å². The van der Waals surface area contributed by atoms with E-state index in [9.17, 15) is 0 Å². The van der Waals surface area contributed by atoms with Gasteiger partial charge < -0.3 is 9.73 Å². The molecule has 3 nitrogen and oxygen atoms in total. The van der Waals surface area contributed by atoms with E-state index in [0.717, 1.165) is 30.5 Å². The molecule has 19 heavy (non-hydrogen) atoms. The maximum absolute atomic E-state index is 5.87. The van der Waals surface area contributed by atoms with Crippen LogP contribution in [-0.4, -0.2) is 24.5 Å². The Morgan fingerprint density at radius 2 is 1.95 bits per heavy atom. The summed E-state index contributed by atoms with van der Waals surface area (Å²) in [6.45, 7) is 7.26. The molecule has 1 aromatic rings. The van der Waals surface area contributed by atoms with Gasteiger partial charge in [-0.25, -0.2) is 0 Å². The fourth-order valence-corrected chi connectivity index (χ4v) is 2.87. The van der Waals surface area contributed by atoms with Gasteiger partial charge in [0.05, 0.1) is 13.1 Å². The number of hydrogen-bond acceptors (Lipinski definition) is 3. The molecule has 1 saturated carbocycles. The van der Waals surface area contributed by atoms with Crippen LogP contribution in [0.5, 0.6) is 0 Å². The molecule has 3 heteroatoms. The molecular formula is C16H28N2O. The molecule has 0 aliphatic heterocycles. The minimum Gasteiger partial charge on any atom is -0.463 e.